The average molecular weight is 260 g/mol. The Morgan fingerprint density at radius 2 is 1.74 bits per heavy atom. The maximum absolute atomic E-state index is 5.79. The van der Waals surface area contributed by atoms with Crippen molar-refractivity contribution in [2.75, 3.05) is 0 Å². The fourth-order valence-corrected chi connectivity index (χ4v) is 3.25. The molecule has 2 nitrogen and oxygen atoms in total. The summed E-state index contributed by atoms with van der Waals surface area (Å²) in [5.41, 5.74) is 5.85. The van der Waals surface area contributed by atoms with E-state index >= 15 is 0 Å². The van der Waals surface area contributed by atoms with E-state index in [2.05, 4.69) is 36.6 Å². The molecule has 1 aromatic carbocycles. The molecule has 106 valence electrons. The standard InChI is InChI=1S/C17H28N2/c1-14-8-10-15(11-9-14)12-13-17(19-18)16-6-4-2-3-5-7-16/h8-11,16-17,19H,2-7,12-13,18H2,1H3. The molecule has 0 bridgehead atoms. The number of hydrogen-bond donors (Lipinski definition) is 2. The van der Waals surface area contributed by atoms with Gasteiger partial charge in [0.05, 0.1) is 0 Å². The van der Waals surface area contributed by atoms with E-state index in [0.717, 1.165) is 18.8 Å². The minimum Gasteiger partial charge on any atom is -0.271 e. The lowest BCUT2D eigenvalue weighted by Crippen LogP contribution is -2.41. The first kappa shape index (κ1) is 14.5. The predicted octanol–water partition coefficient (Wildman–Crippen LogP) is 3.73. The number of nitrogens with two attached hydrogens (primary N) is 1. The lowest BCUT2D eigenvalue weighted by atomic mass is 9.88. The van der Waals surface area contributed by atoms with Crippen molar-refractivity contribution in [3.05, 3.63) is 35.4 Å². The van der Waals surface area contributed by atoms with Crippen LogP contribution in [0.3, 0.4) is 0 Å². The predicted molar refractivity (Wildman–Crippen MR) is 81.8 cm³/mol. The van der Waals surface area contributed by atoms with E-state index in [0.29, 0.717) is 6.04 Å². The van der Waals surface area contributed by atoms with E-state index < -0.39 is 0 Å². The minimum absolute atomic E-state index is 0.486. The summed E-state index contributed by atoms with van der Waals surface area (Å²) in [6.07, 6.45) is 10.6. The molecule has 19 heavy (non-hydrogen) atoms. The quantitative estimate of drug-likeness (QED) is 0.481. The third-order valence-corrected chi connectivity index (χ3v) is 4.55. The maximum Gasteiger partial charge on any atom is 0.0241 e. The van der Waals surface area contributed by atoms with Crippen molar-refractivity contribution in [2.24, 2.45) is 11.8 Å². The topological polar surface area (TPSA) is 38.0 Å². The van der Waals surface area contributed by atoms with E-state index in [1.54, 1.807) is 0 Å². The molecule has 1 fully saturated rings. The zero-order chi connectivity index (χ0) is 13.5. The molecule has 0 radical (unpaired) electrons. The van der Waals surface area contributed by atoms with E-state index in [-0.39, 0.29) is 0 Å². The third-order valence-electron chi connectivity index (χ3n) is 4.55. The number of hydrazine groups is 1. The van der Waals surface area contributed by atoms with Gasteiger partial charge in [0.1, 0.15) is 0 Å². The summed E-state index contributed by atoms with van der Waals surface area (Å²) in [5, 5.41) is 0. The summed E-state index contributed by atoms with van der Waals surface area (Å²) >= 11 is 0. The Morgan fingerprint density at radius 3 is 2.32 bits per heavy atom. The van der Waals surface area contributed by atoms with Gasteiger partial charge in [-0.25, -0.2) is 0 Å². The molecular formula is C17H28N2. The fraction of sp³-hybridized carbons (Fsp3) is 0.647. The molecule has 3 N–H and O–H groups in total. The van der Waals surface area contributed by atoms with Gasteiger partial charge in [0.15, 0.2) is 0 Å². The first-order valence-electron chi connectivity index (χ1n) is 7.81. The van der Waals surface area contributed by atoms with Crippen LogP contribution in [0.5, 0.6) is 0 Å². The molecule has 2 heteroatoms. The third kappa shape index (κ3) is 4.63. The van der Waals surface area contributed by atoms with Crippen LogP contribution in [0.25, 0.3) is 0 Å². The first-order chi connectivity index (χ1) is 9.29. The molecule has 0 heterocycles. The Hall–Kier alpha value is -0.860. The van der Waals surface area contributed by atoms with Gasteiger partial charge in [0, 0.05) is 6.04 Å². The van der Waals surface area contributed by atoms with Crippen LogP contribution in [-0.4, -0.2) is 6.04 Å². The molecule has 0 aromatic heterocycles. The van der Waals surface area contributed by atoms with Crippen molar-refractivity contribution in [3.63, 3.8) is 0 Å². The molecule has 1 atom stereocenters. The normalized spacial score (nSPS) is 19.1. The number of aryl methyl sites for hydroxylation is 2. The molecule has 1 unspecified atom stereocenters. The lowest BCUT2D eigenvalue weighted by molar-refractivity contribution is 0.307. The van der Waals surface area contributed by atoms with Crippen LogP contribution in [0.15, 0.2) is 24.3 Å². The van der Waals surface area contributed by atoms with Gasteiger partial charge in [-0.1, -0.05) is 55.5 Å². The van der Waals surface area contributed by atoms with Gasteiger partial charge in [-0.05, 0) is 44.1 Å². The first-order valence-corrected chi connectivity index (χ1v) is 7.81. The molecule has 1 aliphatic carbocycles. The van der Waals surface area contributed by atoms with Crippen LogP contribution >= 0.6 is 0 Å². The Labute approximate surface area is 117 Å². The molecule has 0 amide bonds. The second-order valence-corrected chi connectivity index (χ2v) is 6.05. The van der Waals surface area contributed by atoms with Gasteiger partial charge in [-0.2, -0.15) is 0 Å². The van der Waals surface area contributed by atoms with Crippen molar-refractivity contribution in [1.82, 2.24) is 5.43 Å². The Balaban J connectivity index is 1.85. The van der Waals surface area contributed by atoms with E-state index in [1.807, 2.05) is 0 Å². The lowest BCUT2D eigenvalue weighted by Gasteiger charge is -2.25. The monoisotopic (exact) mass is 260 g/mol. The van der Waals surface area contributed by atoms with Gasteiger partial charge in [-0.3, -0.25) is 11.3 Å². The van der Waals surface area contributed by atoms with E-state index in [1.165, 1.54) is 49.7 Å². The summed E-state index contributed by atoms with van der Waals surface area (Å²) < 4.78 is 0. The van der Waals surface area contributed by atoms with Crippen molar-refractivity contribution >= 4 is 0 Å². The van der Waals surface area contributed by atoms with Gasteiger partial charge >= 0.3 is 0 Å². The highest BCUT2D eigenvalue weighted by Gasteiger charge is 2.21. The highest BCUT2D eigenvalue weighted by Crippen LogP contribution is 2.27. The molecule has 1 aromatic rings. The summed E-state index contributed by atoms with van der Waals surface area (Å²) in [7, 11) is 0. The number of rotatable bonds is 5. The van der Waals surface area contributed by atoms with Crippen LogP contribution < -0.4 is 11.3 Å². The number of nitrogens with one attached hydrogen (secondary N) is 1. The van der Waals surface area contributed by atoms with Gasteiger partial charge in [0.25, 0.3) is 0 Å². The van der Waals surface area contributed by atoms with E-state index in [4.69, 9.17) is 5.84 Å². The molecule has 0 aliphatic heterocycles. The zero-order valence-electron chi connectivity index (χ0n) is 12.2. The SMILES string of the molecule is Cc1ccc(CCC(NN)C2CCCCCC2)cc1. The van der Waals surface area contributed by atoms with E-state index in [9.17, 15) is 0 Å². The average Bonchev–Trinajstić information content (AvgIpc) is 2.71. The van der Waals surface area contributed by atoms with Crippen molar-refractivity contribution < 1.29 is 0 Å². The summed E-state index contributed by atoms with van der Waals surface area (Å²) in [6, 6.07) is 9.38. The van der Waals surface area contributed by atoms with Gasteiger partial charge < -0.3 is 0 Å². The second-order valence-electron chi connectivity index (χ2n) is 6.05. The second kappa shape index (κ2) is 7.66. The smallest absolute Gasteiger partial charge is 0.0241 e. The number of benzene rings is 1. The maximum atomic E-state index is 5.79. The zero-order valence-corrected chi connectivity index (χ0v) is 12.2. The van der Waals surface area contributed by atoms with Crippen molar-refractivity contribution in [1.29, 1.82) is 0 Å². The highest BCUT2D eigenvalue weighted by molar-refractivity contribution is 5.21. The highest BCUT2D eigenvalue weighted by atomic mass is 15.2. The van der Waals surface area contributed by atoms with Gasteiger partial charge in [-0.15, -0.1) is 0 Å². The molecule has 1 saturated carbocycles. The van der Waals surface area contributed by atoms with Crippen LogP contribution in [0.4, 0.5) is 0 Å². The minimum atomic E-state index is 0.486. The largest absolute Gasteiger partial charge is 0.271 e. The summed E-state index contributed by atoms with van der Waals surface area (Å²) in [4.78, 5) is 0. The van der Waals surface area contributed by atoms with Crippen molar-refractivity contribution in [3.8, 4) is 0 Å². The molecule has 1 aliphatic rings. The van der Waals surface area contributed by atoms with Crippen LogP contribution in [0, 0.1) is 12.8 Å². The van der Waals surface area contributed by atoms with Gasteiger partial charge in [0.2, 0.25) is 0 Å². The van der Waals surface area contributed by atoms with Crippen LogP contribution in [0.1, 0.15) is 56.1 Å². The Morgan fingerprint density at radius 1 is 1.11 bits per heavy atom. The molecule has 0 saturated heterocycles. The number of hydrogen-bond acceptors (Lipinski definition) is 2. The van der Waals surface area contributed by atoms with Crippen LogP contribution in [-0.2, 0) is 6.42 Å². The molecule has 0 spiro atoms. The van der Waals surface area contributed by atoms with Crippen molar-refractivity contribution in [2.45, 2.75) is 64.3 Å². The summed E-state index contributed by atoms with van der Waals surface area (Å²) in [6.45, 7) is 2.14. The fourth-order valence-electron chi connectivity index (χ4n) is 3.25. The Kier molecular flexibility index (Phi) is 5.87. The Bertz CT molecular complexity index is 350. The van der Waals surface area contributed by atoms with Crippen LogP contribution in [0.2, 0.25) is 0 Å². The summed E-state index contributed by atoms with van der Waals surface area (Å²) in [5.74, 6) is 6.57. The molecule has 2 rings (SSSR count). The molecular weight excluding hydrogens is 232 g/mol.